The maximum absolute atomic E-state index is 12.2. The summed E-state index contributed by atoms with van der Waals surface area (Å²) in [5.74, 6) is 5.92. The first kappa shape index (κ1) is 21.5. The number of alkyl halides is 3. The first-order valence-electron chi connectivity index (χ1n) is 8.55. The molecule has 3 rings (SSSR count). The molecule has 0 N–H and O–H groups in total. The van der Waals surface area contributed by atoms with Gasteiger partial charge in [-0.3, -0.25) is 4.98 Å². The molecule has 1 saturated heterocycles. The summed E-state index contributed by atoms with van der Waals surface area (Å²) in [5, 5.41) is 0. The minimum Gasteiger partial charge on any atom is -0.356 e. The standard InChI is InChI=1S/C9H6F3N.C9H12N2.C2H6/c1-2-4-7-5-3-6-13-8(7)9(10,11)12;1-8-4-2-5-10-9(8)11-6-3-7-11;1-2/h3,5-6H,1H3;2,4-5H,3,6-7H2,1H3;1-2H3. The molecule has 6 heteroatoms. The van der Waals surface area contributed by atoms with Gasteiger partial charge in [-0.15, -0.1) is 5.92 Å². The van der Waals surface area contributed by atoms with Crippen molar-refractivity contribution < 1.29 is 13.2 Å². The maximum Gasteiger partial charge on any atom is 0.434 e. The number of halogens is 3. The lowest BCUT2D eigenvalue weighted by molar-refractivity contribution is -0.141. The van der Waals surface area contributed by atoms with E-state index < -0.39 is 11.9 Å². The van der Waals surface area contributed by atoms with Crippen molar-refractivity contribution in [1.29, 1.82) is 0 Å². The summed E-state index contributed by atoms with van der Waals surface area (Å²) < 4.78 is 36.7. The van der Waals surface area contributed by atoms with E-state index in [1.807, 2.05) is 26.1 Å². The molecule has 2 aromatic rings. The minimum atomic E-state index is -4.43. The van der Waals surface area contributed by atoms with Crippen LogP contribution >= 0.6 is 0 Å². The fraction of sp³-hybridized carbons (Fsp3) is 0.400. The van der Waals surface area contributed by atoms with Crippen molar-refractivity contribution >= 4 is 5.82 Å². The van der Waals surface area contributed by atoms with Crippen LogP contribution in [0.1, 0.15) is 44.0 Å². The normalized spacial score (nSPS) is 12.3. The third kappa shape index (κ3) is 6.07. The molecule has 0 amide bonds. The zero-order valence-electron chi connectivity index (χ0n) is 15.6. The Kier molecular flexibility index (Phi) is 8.63. The van der Waals surface area contributed by atoms with Crippen LogP contribution in [0.25, 0.3) is 0 Å². The predicted octanol–water partition coefficient (Wildman–Crippen LogP) is 5.10. The van der Waals surface area contributed by atoms with Crippen molar-refractivity contribution in [3.05, 3.63) is 53.5 Å². The molecule has 3 nitrogen and oxygen atoms in total. The van der Waals surface area contributed by atoms with Gasteiger partial charge in [0.05, 0.1) is 5.56 Å². The lowest BCUT2D eigenvalue weighted by atomic mass is 10.2. The van der Waals surface area contributed by atoms with Gasteiger partial charge in [-0.1, -0.05) is 25.8 Å². The van der Waals surface area contributed by atoms with Crippen LogP contribution in [0.15, 0.2) is 36.7 Å². The third-order valence-corrected chi connectivity index (χ3v) is 3.47. The average Bonchev–Trinajstić information content (AvgIpc) is 2.58. The van der Waals surface area contributed by atoms with Crippen LogP contribution in [0.3, 0.4) is 0 Å². The van der Waals surface area contributed by atoms with Crippen molar-refractivity contribution in [3.63, 3.8) is 0 Å². The van der Waals surface area contributed by atoms with E-state index in [-0.39, 0.29) is 5.56 Å². The molecule has 140 valence electrons. The molecular formula is C20H24F3N3. The fourth-order valence-electron chi connectivity index (χ4n) is 2.20. The second kappa shape index (κ2) is 10.4. The van der Waals surface area contributed by atoms with E-state index in [0.717, 1.165) is 6.20 Å². The molecule has 1 aliphatic rings. The number of hydrogen-bond donors (Lipinski definition) is 0. The summed E-state index contributed by atoms with van der Waals surface area (Å²) in [4.78, 5) is 9.88. The summed E-state index contributed by atoms with van der Waals surface area (Å²) in [6.45, 7) is 9.95. The third-order valence-electron chi connectivity index (χ3n) is 3.47. The first-order valence-corrected chi connectivity index (χ1v) is 8.55. The van der Waals surface area contributed by atoms with Gasteiger partial charge in [-0.2, -0.15) is 13.2 Å². The Morgan fingerprint density at radius 3 is 2.15 bits per heavy atom. The molecular weight excluding hydrogens is 339 g/mol. The number of rotatable bonds is 1. The van der Waals surface area contributed by atoms with E-state index in [9.17, 15) is 13.2 Å². The minimum absolute atomic E-state index is 0.0856. The van der Waals surface area contributed by atoms with E-state index in [2.05, 4.69) is 39.7 Å². The summed E-state index contributed by atoms with van der Waals surface area (Å²) in [6.07, 6.45) is -0.152. The van der Waals surface area contributed by atoms with Crippen molar-refractivity contribution in [2.45, 2.75) is 40.3 Å². The van der Waals surface area contributed by atoms with Crippen LogP contribution in [-0.2, 0) is 6.18 Å². The average molecular weight is 363 g/mol. The quantitative estimate of drug-likeness (QED) is 0.660. The van der Waals surface area contributed by atoms with E-state index in [1.165, 1.54) is 49.9 Å². The highest BCUT2D eigenvalue weighted by atomic mass is 19.4. The summed E-state index contributed by atoms with van der Waals surface area (Å²) in [6, 6.07) is 6.82. The van der Waals surface area contributed by atoms with Gasteiger partial charge in [0.1, 0.15) is 5.82 Å². The van der Waals surface area contributed by atoms with Gasteiger partial charge in [-0.25, -0.2) is 4.98 Å². The van der Waals surface area contributed by atoms with Gasteiger partial charge >= 0.3 is 6.18 Å². The highest BCUT2D eigenvalue weighted by Gasteiger charge is 2.34. The molecule has 0 unspecified atom stereocenters. The molecule has 1 fully saturated rings. The molecule has 0 radical (unpaired) electrons. The van der Waals surface area contributed by atoms with E-state index in [0.29, 0.717) is 0 Å². The van der Waals surface area contributed by atoms with Crippen LogP contribution < -0.4 is 4.90 Å². The van der Waals surface area contributed by atoms with Crippen molar-refractivity contribution in [1.82, 2.24) is 9.97 Å². The number of aromatic nitrogens is 2. The number of aryl methyl sites for hydroxylation is 1. The van der Waals surface area contributed by atoms with Crippen LogP contribution in [0.4, 0.5) is 19.0 Å². The second-order valence-electron chi connectivity index (χ2n) is 5.26. The molecule has 0 saturated carbocycles. The highest BCUT2D eigenvalue weighted by molar-refractivity contribution is 5.47. The summed E-state index contributed by atoms with van der Waals surface area (Å²) in [5.41, 5.74) is 0.272. The van der Waals surface area contributed by atoms with E-state index in [1.54, 1.807) is 0 Å². The number of anilines is 1. The van der Waals surface area contributed by atoms with Crippen LogP contribution in [-0.4, -0.2) is 23.1 Å². The number of hydrogen-bond acceptors (Lipinski definition) is 3. The molecule has 1 aliphatic heterocycles. The van der Waals surface area contributed by atoms with Crippen molar-refractivity contribution in [2.24, 2.45) is 0 Å². The van der Waals surface area contributed by atoms with Crippen LogP contribution in [0.2, 0.25) is 0 Å². The van der Waals surface area contributed by atoms with Crippen LogP contribution in [0.5, 0.6) is 0 Å². The second-order valence-corrected chi connectivity index (χ2v) is 5.26. The van der Waals surface area contributed by atoms with Crippen molar-refractivity contribution in [3.8, 4) is 11.8 Å². The fourth-order valence-corrected chi connectivity index (χ4v) is 2.20. The molecule has 0 aromatic carbocycles. The van der Waals surface area contributed by atoms with E-state index in [4.69, 9.17) is 0 Å². The van der Waals surface area contributed by atoms with Gasteiger partial charge in [0.2, 0.25) is 0 Å². The Labute approximate surface area is 153 Å². The topological polar surface area (TPSA) is 29.0 Å². The van der Waals surface area contributed by atoms with Crippen molar-refractivity contribution in [2.75, 3.05) is 18.0 Å². The lowest BCUT2D eigenvalue weighted by Crippen LogP contribution is -2.38. The summed E-state index contributed by atoms with van der Waals surface area (Å²) in [7, 11) is 0. The van der Waals surface area contributed by atoms with Gasteiger partial charge in [0.25, 0.3) is 0 Å². The Morgan fingerprint density at radius 2 is 1.65 bits per heavy atom. The predicted molar refractivity (Wildman–Crippen MR) is 98.9 cm³/mol. The van der Waals surface area contributed by atoms with Gasteiger partial charge in [-0.05, 0) is 44.0 Å². The molecule has 3 heterocycles. The Hall–Kier alpha value is -2.55. The zero-order chi connectivity index (χ0) is 19.6. The highest BCUT2D eigenvalue weighted by Crippen LogP contribution is 2.29. The molecule has 0 bridgehead atoms. The Balaban J connectivity index is 0.000000239. The van der Waals surface area contributed by atoms with Gasteiger partial charge in [0.15, 0.2) is 5.69 Å². The summed E-state index contributed by atoms with van der Waals surface area (Å²) >= 11 is 0. The number of nitrogens with zero attached hydrogens (tertiary/aromatic N) is 3. The number of pyridine rings is 2. The van der Waals surface area contributed by atoms with Gasteiger partial charge < -0.3 is 4.90 Å². The first-order chi connectivity index (χ1) is 12.4. The Bertz CT molecular complexity index is 742. The maximum atomic E-state index is 12.2. The largest absolute Gasteiger partial charge is 0.434 e. The molecule has 0 aliphatic carbocycles. The smallest absolute Gasteiger partial charge is 0.356 e. The van der Waals surface area contributed by atoms with Gasteiger partial charge in [0, 0.05) is 25.5 Å². The van der Waals surface area contributed by atoms with E-state index >= 15 is 0 Å². The van der Waals surface area contributed by atoms with Crippen LogP contribution in [0, 0.1) is 18.8 Å². The molecule has 26 heavy (non-hydrogen) atoms. The Morgan fingerprint density at radius 1 is 1.04 bits per heavy atom. The SMILES string of the molecule is CC.CC#Cc1cccnc1C(F)(F)F.Cc1cccnc1N1CCC1. The molecule has 0 atom stereocenters. The molecule has 2 aromatic heterocycles. The molecule has 0 spiro atoms. The lowest BCUT2D eigenvalue weighted by Gasteiger charge is -2.32. The zero-order valence-corrected chi connectivity index (χ0v) is 15.6. The monoisotopic (exact) mass is 363 g/mol.